The molecule has 0 radical (unpaired) electrons. The Balaban J connectivity index is 2.43. The number of aliphatic carboxylic acids is 1. The van der Waals surface area contributed by atoms with Gasteiger partial charge < -0.3 is 9.84 Å². The Bertz CT molecular complexity index is 439. The molecule has 0 saturated carbocycles. The van der Waals surface area contributed by atoms with Crippen LogP contribution in [0.2, 0.25) is 0 Å². The Labute approximate surface area is 118 Å². The molecule has 0 unspecified atom stereocenters. The molecule has 0 spiro atoms. The number of nitrogens with zero attached hydrogens (tertiary/aromatic N) is 1. The molecule has 1 aliphatic heterocycles. The molecule has 1 saturated heterocycles. The number of carboxylic acids is 1. The molecule has 0 aromatic rings. The zero-order valence-electron chi connectivity index (χ0n) is 11.6. The highest BCUT2D eigenvalue weighted by Crippen LogP contribution is 2.23. The summed E-state index contributed by atoms with van der Waals surface area (Å²) in [5, 5.41) is 8.62. The number of sulfonamides is 1. The Hall–Kier alpha value is -1.15. The number of rotatable bonds is 7. The van der Waals surface area contributed by atoms with Gasteiger partial charge in [-0.1, -0.05) is 0 Å². The van der Waals surface area contributed by atoms with Crippen molar-refractivity contribution in [2.45, 2.75) is 32.6 Å². The van der Waals surface area contributed by atoms with Crippen LogP contribution in [-0.2, 0) is 24.3 Å². The third-order valence-corrected chi connectivity index (χ3v) is 5.09. The van der Waals surface area contributed by atoms with Crippen molar-refractivity contribution < 1.29 is 27.9 Å². The highest BCUT2D eigenvalue weighted by Gasteiger charge is 2.30. The van der Waals surface area contributed by atoms with E-state index < -0.39 is 27.7 Å². The van der Waals surface area contributed by atoms with Crippen LogP contribution in [0.3, 0.4) is 0 Å². The standard InChI is InChI=1S/C12H21NO6S/c1-2-19-12(16)9-20(17,18)13-7-5-10(6-8-13)3-4-11(14)15/h10H,2-9H2,1H3,(H,14,15). The molecule has 0 amide bonds. The van der Waals surface area contributed by atoms with E-state index in [1.807, 2.05) is 0 Å². The zero-order valence-corrected chi connectivity index (χ0v) is 12.4. The van der Waals surface area contributed by atoms with Gasteiger partial charge in [-0.15, -0.1) is 0 Å². The summed E-state index contributed by atoms with van der Waals surface area (Å²) in [5.74, 6) is -1.95. The molecule has 1 heterocycles. The van der Waals surface area contributed by atoms with E-state index >= 15 is 0 Å². The molecule has 0 aromatic heterocycles. The van der Waals surface area contributed by atoms with Crippen molar-refractivity contribution in [2.75, 3.05) is 25.4 Å². The van der Waals surface area contributed by atoms with Gasteiger partial charge in [-0.2, -0.15) is 0 Å². The first kappa shape index (κ1) is 16.9. The van der Waals surface area contributed by atoms with Crippen LogP contribution in [-0.4, -0.2) is 55.2 Å². The van der Waals surface area contributed by atoms with Crippen molar-refractivity contribution in [3.63, 3.8) is 0 Å². The third kappa shape index (κ3) is 5.46. The molecular formula is C12H21NO6S. The molecule has 7 nitrogen and oxygen atoms in total. The van der Waals surface area contributed by atoms with Crippen LogP contribution in [0.15, 0.2) is 0 Å². The quantitative estimate of drug-likeness (QED) is 0.686. The molecule has 1 N–H and O–H groups in total. The maximum Gasteiger partial charge on any atom is 0.322 e. The van der Waals surface area contributed by atoms with Crippen molar-refractivity contribution in [1.82, 2.24) is 4.31 Å². The van der Waals surface area contributed by atoms with E-state index in [-0.39, 0.29) is 18.9 Å². The van der Waals surface area contributed by atoms with Gasteiger partial charge in [0.15, 0.2) is 5.75 Å². The van der Waals surface area contributed by atoms with E-state index in [4.69, 9.17) is 5.11 Å². The summed E-state index contributed by atoms with van der Waals surface area (Å²) in [6.07, 6.45) is 1.95. The summed E-state index contributed by atoms with van der Waals surface area (Å²) in [6.45, 7) is 2.46. The van der Waals surface area contributed by atoms with Gasteiger partial charge in [0.05, 0.1) is 6.61 Å². The smallest absolute Gasteiger partial charge is 0.322 e. The first-order valence-electron chi connectivity index (χ1n) is 6.70. The fourth-order valence-corrected chi connectivity index (χ4v) is 3.58. The molecule has 1 fully saturated rings. The van der Waals surface area contributed by atoms with E-state index in [9.17, 15) is 18.0 Å². The molecule has 116 valence electrons. The van der Waals surface area contributed by atoms with E-state index in [0.717, 1.165) is 0 Å². The van der Waals surface area contributed by atoms with Crippen molar-refractivity contribution in [1.29, 1.82) is 0 Å². The van der Waals surface area contributed by atoms with Crippen molar-refractivity contribution in [3.05, 3.63) is 0 Å². The topological polar surface area (TPSA) is 101 Å². The minimum absolute atomic E-state index is 0.111. The number of carbonyl (C=O) groups excluding carboxylic acids is 1. The molecule has 0 aromatic carbocycles. The average Bonchev–Trinajstić information content (AvgIpc) is 2.36. The summed E-state index contributed by atoms with van der Waals surface area (Å²) >= 11 is 0. The summed E-state index contributed by atoms with van der Waals surface area (Å²) in [4.78, 5) is 21.7. The molecule has 1 aliphatic rings. The largest absolute Gasteiger partial charge is 0.481 e. The van der Waals surface area contributed by atoms with Crippen LogP contribution in [0, 0.1) is 5.92 Å². The molecule has 8 heteroatoms. The minimum Gasteiger partial charge on any atom is -0.481 e. The van der Waals surface area contributed by atoms with Gasteiger partial charge in [0.2, 0.25) is 10.0 Å². The Morgan fingerprint density at radius 3 is 2.40 bits per heavy atom. The summed E-state index contributed by atoms with van der Waals surface area (Å²) in [7, 11) is -3.62. The van der Waals surface area contributed by atoms with Gasteiger partial charge >= 0.3 is 11.9 Å². The number of hydrogen-bond donors (Lipinski definition) is 1. The average molecular weight is 307 g/mol. The second-order valence-corrected chi connectivity index (χ2v) is 6.80. The zero-order chi connectivity index (χ0) is 15.2. The Morgan fingerprint density at radius 1 is 1.30 bits per heavy atom. The molecular weight excluding hydrogens is 286 g/mol. The maximum absolute atomic E-state index is 12.0. The second kappa shape index (κ2) is 7.58. The predicted octanol–water partition coefficient (Wildman–Crippen LogP) is 0.456. The van der Waals surface area contributed by atoms with Crippen LogP contribution in [0.4, 0.5) is 0 Å². The number of carbonyl (C=O) groups is 2. The highest BCUT2D eigenvalue weighted by molar-refractivity contribution is 7.89. The third-order valence-electron chi connectivity index (χ3n) is 3.34. The second-order valence-electron chi connectivity index (χ2n) is 4.84. The van der Waals surface area contributed by atoms with Gasteiger partial charge in [0, 0.05) is 19.5 Å². The number of piperidine rings is 1. The number of hydrogen-bond acceptors (Lipinski definition) is 5. The fourth-order valence-electron chi connectivity index (χ4n) is 2.25. The van der Waals surface area contributed by atoms with Crippen LogP contribution >= 0.6 is 0 Å². The first-order valence-corrected chi connectivity index (χ1v) is 8.31. The lowest BCUT2D eigenvalue weighted by Gasteiger charge is -2.30. The van der Waals surface area contributed by atoms with Crippen LogP contribution < -0.4 is 0 Å². The van der Waals surface area contributed by atoms with Gasteiger partial charge in [0.25, 0.3) is 0 Å². The van der Waals surface area contributed by atoms with Gasteiger partial charge in [-0.25, -0.2) is 12.7 Å². The molecule has 0 bridgehead atoms. The Kier molecular flexibility index (Phi) is 6.41. The van der Waals surface area contributed by atoms with E-state index in [1.165, 1.54) is 4.31 Å². The van der Waals surface area contributed by atoms with Crippen LogP contribution in [0.5, 0.6) is 0 Å². The van der Waals surface area contributed by atoms with Crippen molar-refractivity contribution in [2.24, 2.45) is 5.92 Å². The van der Waals surface area contributed by atoms with Gasteiger partial charge in [-0.05, 0) is 32.1 Å². The van der Waals surface area contributed by atoms with Crippen molar-refractivity contribution >= 4 is 22.0 Å². The Morgan fingerprint density at radius 2 is 1.90 bits per heavy atom. The normalized spacial score (nSPS) is 17.9. The van der Waals surface area contributed by atoms with E-state index in [0.29, 0.717) is 32.4 Å². The SMILES string of the molecule is CCOC(=O)CS(=O)(=O)N1CCC(CCC(=O)O)CC1. The lowest BCUT2D eigenvalue weighted by Crippen LogP contribution is -2.41. The summed E-state index contributed by atoms with van der Waals surface area (Å²) in [6, 6.07) is 0. The predicted molar refractivity (Wildman–Crippen MR) is 71.6 cm³/mol. The lowest BCUT2D eigenvalue weighted by molar-refractivity contribution is -0.140. The minimum atomic E-state index is -3.62. The number of esters is 1. The first-order chi connectivity index (χ1) is 9.35. The monoisotopic (exact) mass is 307 g/mol. The number of carboxylic acid groups (broad SMARTS) is 1. The van der Waals surface area contributed by atoms with E-state index in [2.05, 4.69) is 4.74 Å². The van der Waals surface area contributed by atoms with Gasteiger partial charge in [0.1, 0.15) is 0 Å². The highest BCUT2D eigenvalue weighted by atomic mass is 32.2. The van der Waals surface area contributed by atoms with Crippen LogP contribution in [0.25, 0.3) is 0 Å². The number of ether oxygens (including phenoxy) is 1. The van der Waals surface area contributed by atoms with Crippen molar-refractivity contribution in [3.8, 4) is 0 Å². The summed E-state index contributed by atoms with van der Waals surface area (Å²) in [5.41, 5.74) is 0. The molecule has 0 aliphatic carbocycles. The van der Waals surface area contributed by atoms with E-state index in [1.54, 1.807) is 6.92 Å². The van der Waals surface area contributed by atoms with Crippen LogP contribution in [0.1, 0.15) is 32.6 Å². The molecule has 1 rings (SSSR count). The molecule has 0 atom stereocenters. The maximum atomic E-state index is 12.0. The summed E-state index contributed by atoms with van der Waals surface area (Å²) < 4.78 is 29.9. The molecule has 20 heavy (non-hydrogen) atoms. The fraction of sp³-hybridized carbons (Fsp3) is 0.833. The van der Waals surface area contributed by atoms with Gasteiger partial charge in [-0.3, -0.25) is 9.59 Å². The lowest BCUT2D eigenvalue weighted by atomic mass is 9.93.